The van der Waals surface area contributed by atoms with Crippen molar-refractivity contribution < 1.29 is 14.0 Å². The van der Waals surface area contributed by atoms with Crippen LogP contribution in [0, 0.1) is 5.82 Å². The number of anilines is 2. The molecule has 0 atom stereocenters. The lowest BCUT2D eigenvalue weighted by molar-refractivity contribution is -0.115. The minimum atomic E-state index is -0.798. The number of hydrogen-bond donors (Lipinski definition) is 2. The molecule has 0 spiro atoms. The quantitative estimate of drug-likeness (QED) is 0.410. The van der Waals surface area contributed by atoms with E-state index in [4.69, 9.17) is 0 Å². The number of carbonyl (C=O) groups excluding carboxylic acids is 2. The van der Waals surface area contributed by atoms with Crippen LogP contribution in [-0.2, 0) is 4.79 Å². The minimum Gasteiger partial charge on any atom is -0.345 e. The normalized spacial score (nSPS) is 15.7. The number of benzene rings is 2. The fraction of sp³-hybridized carbons (Fsp3) is 0.217. The second-order valence-electron chi connectivity index (χ2n) is 7.26. The largest absolute Gasteiger partial charge is 0.347 e. The number of unbranched alkanes of at least 4 members (excludes halogenated alkanes) is 1. The third-order valence-electron chi connectivity index (χ3n) is 4.94. The van der Waals surface area contributed by atoms with Gasteiger partial charge in [-0.15, -0.1) is 0 Å². The summed E-state index contributed by atoms with van der Waals surface area (Å²) in [5, 5.41) is 2.63. The average Bonchev–Trinajstić information content (AvgIpc) is 3.45. The number of aromatic amines is 1. The summed E-state index contributed by atoms with van der Waals surface area (Å²) in [5.41, 5.74) is 2.31. The molecule has 0 radical (unpaired) electrons. The van der Waals surface area contributed by atoms with Crippen LogP contribution in [0.1, 0.15) is 25.3 Å². The van der Waals surface area contributed by atoms with Crippen LogP contribution >= 0.6 is 11.8 Å². The van der Waals surface area contributed by atoms with Gasteiger partial charge in [-0.3, -0.25) is 14.7 Å². The first-order valence-corrected chi connectivity index (χ1v) is 11.6. The number of amidine groups is 2. The van der Waals surface area contributed by atoms with Crippen LogP contribution < -0.4 is 10.2 Å². The first kappa shape index (κ1) is 23.3. The Kier molecular flexibility index (Phi) is 7.12. The van der Waals surface area contributed by atoms with Crippen LogP contribution in [0.5, 0.6) is 0 Å². The zero-order chi connectivity index (χ0) is 24.1. The van der Waals surface area contributed by atoms with Crippen molar-refractivity contribution in [3.63, 3.8) is 0 Å². The molecule has 0 aliphatic carbocycles. The van der Waals surface area contributed by atoms with E-state index in [2.05, 4.69) is 30.3 Å². The zero-order valence-electron chi connectivity index (χ0n) is 18.6. The molecule has 9 nitrogen and oxygen atoms in total. The molecule has 1 aliphatic heterocycles. The van der Waals surface area contributed by atoms with E-state index in [-0.39, 0.29) is 22.5 Å². The summed E-state index contributed by atoms with van der Waals surface area (Å²) in [5.74, 6) is -0.341. The monoisotopic (exact) mass is 479 g/mol. The van der Waals surface area contributed by atoms with Crippen molar-refractivity contribution in [2.45, 2.75) is 19.8 Å². The molecule has 174 valence electrons. The van der Waals surface area contributed by atoms with Crippen molar-refractivity contribution in [3.8, 4) is 0 Å². The zero-order valence-corrected chi connectivity index (χ0v) is 19.4. The van der Waals surface area contributed by atoms with Crippen molar-refractivity contribution in [2.75, 3.05) is 23.0 Å². The Morgan fingerprint density at radius 3 is 2.97 bits per heavy atom. The topological polar surface area (TPSA) is 115 Å². The maximum Gasteiger partial charge on any atom is 0.347 e. The molecule has 11 heteroatoms. The SMILES string of the molecule is CCCC=NC(=NC)c1ccc(NC(=O)/N=C2\SCC(=O)N2c2cccc3[nH]cnc23)c(F)c1. The maximum atomic E-state index is 14.7. The number of thioether (sulfide) groups is 1. The molecule has 3 aromatic rings. The van der Waals surface area contributed by atoms with Crippen molar-refractivity contribution in [2.24, 2.45) is 15.0 Å². The summed E-state index contributed by atoms with van der Waals surface area (Å²) in [7, 11) is 1.58. The van der Waals surface area contributed by atoms with E-state index >= 15 is 0 Å². The van der Waals surface area contributed by atoms with Gasteiger partial charge in [-0.2, -0.15) is 4.99 Å². The second kappa shape index (κ2) is 10.4. The molecule has 0 bridgehead atoms. The Bertz CT molecular complexity index is 1330. The number of aliphatic imine (C=N–C) groups is 3. The predicted octanol–water partition coefficient (Wildman–Crippen LogP) is 4.62. The smallest absolute Gasteiger partial charge is 0.345 e. The number of H-pyrrole nitrogens is 1. The highest BCUT2D eigenvalue weighted by Gasteiger charge is 2.32. The van der Waals surface area contributed by atoms with Crippen LogP contribution in [0.25, 0.3) is 11.0 Å². The number of urea groups is 1. The summed E-state index contributed by atoms with van der Waals surface area (Å²) in [6.45, 7) is 2.03. The molecule has 3 amide bonds. The molecule has 0 unspecified atom stereocenters. The predicted molar refractivity (Wildman–Crippen MR) is 135 cm³/mol. The molecule has 1 aromatic heterocycles. The molecule has 34 heavy (non-hydrogen) atoms. The first-order chi connectivity index (χ1) is 16.5. The number of imidazole rings is 1. The minimum absolute atomic E-state index is 0.0404. The Morgan fingerprint density at radius 1 is 1.35 bits per heavy atom. The molecule has 1 fully saturated rings. The van der Waals surface area contributed by atoms with Crippen LogP contribution in [0.2, 0.25) is 0 Å². The van der Waals surface area contributed by atoms with Gasteiger partial charge in [0.25, 0.3) is 0 Å². The Balaban J connectivity index is 1.54. The molecule has 2 aromatic carbocycles. The second-order valence-corrected chi connectivity index (χ2v) is 8.20. The fourth-order valence-corrected chi connectivity index (χ4v) is 4.20. The number of aromatic nitrogens is 2. The third kappa shape index (κ3) is 4.88. The summed E-state index contributed by atoms with van der Waals surface area (Å²) >= 11 is 1.13. The number of amides is 3. The highest BCUT2D eigenvalue weighted by Crippen LogP contribution is 2.31. The first-order valence-electron chi connectivity index (χ1n) is 10.6. The highest BCUT2D eigenvalue weighted by molar-refractivity contribution is 8.15. The molecule has 1 saturated heterocycles. The van der Waals surface area contributed by atoms with E-state index in [1.807, 2.05) is 13.0 Å². The van der Waals surface area contributed by atoms with Crippen molar-refractivity contribution in [1.29, 1.82) is 0 Å². The van der Waals surface area contributed by atoms with Crippen LogP contribution in [0.3, 0.4) is 0 Å². The summed E-state index contributed by atoms with van der Waals surface area (Å²) in [6.07, 6.45) is 5.01. The molecule has 1 aliphatic rings. The van der Waals surface area contributed by atoms with E-state index in [1.54, 1.807) is 31.5 Å². The van der Waals surface area contributed by atoms with E-state index < -0.39 is 11.8 Å². The van der Waals surface area contributed by atoms with E-state index in [1.165, 1.54) is 23.4 Å². The molecule has 2 N–H and O–H groups in total. The number of nitrogens with zero attached hydrogens (tertiary/aromatic N) is 5. The standard InChI is InChI=1S/C23H22FN7O2S/c1-3-4-10-26-21(25-2)14-8-9-16(15(24)11-14)29-22(33)30-23-31(19(32)12-34-23)18-7-5-6-17-20(18)28-13-27-17/h5-11,13H,3-4,12H2,1-2H3,(H,27,28)(H,29,33)/b25-21?,26-10?,30-23-. The van der Waals surface area contributed by atoms with Gasteiger partial charge in [0, 0.05) is 18.8 Å². The van der Waals surface area contributed by atoms with Gasteiger partial charge < -0.3 is 10.3 Å². The van der Waals surface area contributed by atoms with Gasteiger partial charge in [0.05, 0.1) is 29.0 Å². The fourth-order valence-electron chi connectivity index (χ4n) is 3.34. The van der Waals surface area contributed by atoms with E-state index in [9.17, 15) is 14.0 Å². The Morgan fingerprint density at radius 2 is 2.21 bits per heavy atom. The third-order valence-corrected chi connectivity index (χ3v) is 5.87. The lowest BCUT2D eigenvalue weighted by Gasteiger charge is -2.16. The summed E-state index contributed by atoms with van der Waals surface area (Å²) < 4.78 is 14.7. The molecule has 2 heterocycles. The number of hydrogen-bond acceptors (Lipinski definition) is 5. The summed E-state index contributed by atoms with van der Waals surface area (Å²) in [6, 6.07) is 8.85. The highest BCUT2D eigenvalue weighted by atomic mass is 32.2. The molecule has 0 saturated carbocycles. The van der Waals surface area contributed by atoms with Gasteiger partial charge in [0.1, 0.15) is 11.3 Å². The van der Waals surface area contributed by atoms with Crippen molar-refractivity contribution >= 4 is 63.3 Å². The number of para-hydroxylation sites is 1. The van der Waals surface area contributed by atoms with Gasteiger partial charge in [-0.05, 0) is 36.8 Å². The van der Waals surface area contributed by atoms with Gasteiger partial charge >= 0.3 is 6.03 Å². The average molecular weight is 480 g/mol. The Hall–Kier alpha value is -3.86. The van der Waals surface area contributed by atoms with Crippen LogP contribution in [-0.4, -0.2) is 51.9 Å². The number of halogens is 1. The van der Waals surface area contributed by atoms with Gasteiger partial charge in [-0.25, -0.2) is 19.2 Å². The Labute approximate surface area is 199 Å². The summed E-state index contributed by atoms with van der Waals surface area (Å²) in [4.78, 5) is 46.1. The maximum absolute atomic E-state index is 14.7. The molecular weight excluding hydrogens is 457 g/mol. The van der Waals surface area contributed by atoms with Gasteiger partial charge in [-0.1, -0.05) is 31.2 Å². The number of fused-ring (bicyclic) bond motifs is 1. The van der Waals surface area contributed by atoms with Crippen molar-refractivity contribution in [3.05, 3.63) is 54.1 Å². The van der Waals surface area contributed by atoms with Crippen molar-refractivity contribution in [1.82, 2.24) is 9.97 Å². The number of nitrogens with one attached hydrogen (secondary N) is 2. The van der Waals surface area contributed by atoms with Gasteiger partial charge in [0.2, 0.25) is 5.91 Å². The lowest BCUT2D eigenvalue weighted by atomic mass is 10.1. The van der Waals surface area contributed by atoms with E-state index in [0.717, 1.165) is 30.1 Å². The molecule has 4 rings (SSSR count). The van der Waals surface area contributed by atoms with Crippen LogP contribution in [0.4, 0.5) is 20.6 Å². The molecular formula is C23H22FN7O2S. The van der Waals surface area contributed by atoms with E-state index in [0.29, 0.717) is 22.6 Å². The lowest BCUT2D eigenvalue weighted by Crippen LogP contribution is -2.30. The van der Waals surface area contributed by atoms with Gasteiger partial charge in [0.15, 0.2) is 11.0 Å². The van der Waals surface area contributed by atoms with Crippen LogP contribution in [0.15, 0.2) is 57.7 Å². The number of rotatable bonds is 5. The number of carbonyl (C=O) groups is 2.